The van der Waals surface area contributed by atoms with Gasteiger partial charge < -0.3 is 10.4 Å². The Balaban J connectivity index is 1.98. The zero-order valence-electron chi connectivity index (χ0n) is 10.6. The Bertz CT molecular complexity index is 399. The number of nitrogens with zero attached hydrogens (tertiary/aromatic N) is 1. The van der Waals surface area contributed by atoms with Crippen LogP contribution in [0.2, 0.25) is 0 Å². The van der Waals surface area contributed by atoms with Gasteiger partial charge in [-0.05, 0) is 25.0 Å². The summed E-state index contributed by atoms with van der Waals surface area (Å²) < 4.78 is 0. The number of nitrogens with one attached hydrogen (secondary N) is 1. The first-order valence-corrected chi connectivity index (χ1v) is 6.71. The number of hydrogen-bond acceptors (Lipinski definition) is 3. The Labute approximate surface area is 107 Å². The van der Waals surface area contributed by atoms with Crippen LogP contribution in [0.3, 0.4) is 0 Å². The van der Waals surface area contributed by atoms with E-state index in [-0.39, 0.29) is 0 Å². The molecule has 4 heteroatoms. The van der Waals surface area contributed by atoms with Crippen molar-refractivity contribution >= 4 is 11.8 Å². The maximum atomic E-state index is 10.9. The summed E-state index contributed by atoms with van der Waals surface area (Å²) in [5, 5.41) is 12.3. The molecule has 0 amide bonds. The van der Waals surface area contributed by atoms with Gasteiger partial charge in [0.15, 0.2) is 0 Å². The summed E-state index contributed by atoms with van der Waals surface area (Å²) in [5.74, 6) is -0.224. The third kappa shape index (κ3) is 3.72. The minimum atomic E-state index is -0.905. The van der Waals surface area contributed by atoms with E-state index in [4.69, 9.17) is 5.11 Å². The number of pyridine rings is 1. The molecule has 1 fully saturated rings. The molecule has 2 N–H and O–H groups in total. The van der Waals surface area contributed by atoms with Gasteiger partial charge in [0.1, 0.15) is 5.82 Å². The third-order valence-corrected chi connectivity index (χ3v) is 3.46. The first kappa shape index (κ1) is 12.9. The molecule has 0 radical (unpaired) electrons. The lowest BCUT2D eigenvalue weighted by Crippen LogP contribution is -2.21. The van der Waals surface area contributed by atoms with E-state index in [1.165, 1.54) is 38.2 Å². The van der Waals surface area contributed by atoms with E-state index in [1.54, 1.807) is 12.3 Å². The molecule has 1 aromatic rings. The number of carboxylic acid groups (broad SMARTS) is 1. The number of carboxylic acids is 1. The van der Waals surface area contributed by atoms with E-state index in [1.807, 2.05) is 0 Å². The summed E-state index contributed by atoms with van der Waals surface area (Å²) in [4.78, 5) is 15.1. The van der Waals surface area contributed by atoms with Gasteiger partial charge in [-0.25, -0.2) is 9.78 Å². The molecule has 0 unspecified atom stereocenters. The highest BCUT2D eigenvalue weighted by Crippen LogP contribution is 2.20. The van der Waals surface area contributed by atoms with Gasteiger partial charge in [0.25, 0.3) is 0 Å². The standard InChI is InChI=1S/C14H20N2O2/c17-14(18)11-8-9-15-13(10-11)16-12-6-4-2-1-3-5-7-12/h8-10,12H,1-7H2,(H,15,16)(H,17,18). The quantitative estimate of drug-likeness (QED) is 0.861. The van der Waals surface area contributed by atoms with E-state index < -0.39 is 5.97 Å². The van der Waals surface area contributed by atoms with Gasteiger partial charge in [-0.1, -0.05) is 32.1 Å². The van der Waals surface area contributed by atoms with Crippen LogP contribution in [0.15, 0.2) is 18.3 Å². The molecule has 0 bridgehead atoms. The van der Waals surface area contributed by atoms with Crippen LogP contribution < -0.4 is 5.32 Å². The first-order chi connectivity index (χ1) is 8.75. The fourth-order valence-electron chi connectivity index (χ4n) is 2.45. The molecule has 18 heavy (non-hydrogen) atoms. The number of anilines is 1. The van der Waals surface area contributed by atoms with Gasteiger partial charge in [0.2, 0.25) is 0 Å². The second-order valence-electron chi connectivity index (χ2n) is 4.92. The molecule has 98 valence electrons. The predicted octanol–water partition coefficient (Wildman–Crippen LogP) is 3.30. The monoisotopic (exact) mass is 248 g/mol. The number of carbonyl (C=O) groups is 1. The minimum absolute atomic E-state index is 0.290. The van der Waals surface area contributed by atoms with Crippen molar-refractivity contribution in [2.24, 2.45) is 0 Å². The van der Waals surface area contributed by atoms with Gasteiger partial charge in [-0.2, -0.15) is 0 Å². The van der Waals surface area contributed by atoms with E-state index in [0.29, 0.717) is 17.4 Å². The largest absolute Gasteiger partial charge is 0.478 e. The molecular formula is C14H20N2O2. The lowest BCUT2D eigenvalue weighted by Gasteiger charge is -2.21. The topological polar surface area (TPSA) is 62.2 Å². The van der Waals surface area contributed by atoms with Crippen molar-refractivity contribution in [2.75, 3.05) is 5.32 Å². The van der Waals surface area contributed by atoms with Crippen molar-refractivity contribution in [3.05, 3.63) is 23.9 Å². The number of hydrogen-bond donors (Lipinski definition) is 2. The molecule has 1 aliphatic rings. The molecule has 0 saturated heterocycles. The van der Waals surface area contributed by atoms with Crippen molar-refractivity contribution in [3.8, 4) is 0 Å². The minimum Gasteiger partial charge on any atom is -0.478 e. The number of rotatable bonds is 3. The maximum Gasteiger partial charge on any atom is 0.335 e. The molecule has 0 spiro atoms. The van der Waals surface area contributed by atoms with Gasteiger partial charge in [0, 0.05) is 12.2 Å². The highest BCUT2D eigenvalue weighted by molar-refractivity contribution is 5.88. The molecule has 4 nitrogen and oxygen atoms in total. The molecule has 0 aromatic carbocycles. The lowest BCUT2D eigenvalue weighted by molar-refractivity contribution is 0.0697. The van der Waals surface area contributed by atoms with Gasteiger partial charge in [-0.3, -0.25) is 0 Å². The Morgan fingerprint density at radius 2 is 1.89 bits per heavy atom. The molecule has 1 heterocycles. The predicted molar refractivity (Wildman–Crippen MR) is 70.9 cm³/mol. The average molecular weight is 248 g/mol. The van der Waals surface area contributed by atoms with Gasteiger partial charge >= 0.3 is 5.97 Å². The van der Waals surface area contributed by atoms with Crippen LogP contribution in [0.25, 0.3) is 0 Å². The zero-order chi connectivity index (χ0) is 12.8. The second kappa shape index (κ2) is 6.38. The summed E-state index contributed by atoms with van der Waals surface area (Å²) in [6.07, 6.45) is 10.3. The van der Waals surface area contributed by atoms with Crippen molar-refractivity contribution in [1.29, 1.82) is 0 Å². The normalized spacial score (nSPS) is 17.8. The highest BCUT2D eigenvalue weighted by atomic mass is 16.4. The van der Waals surface area contributed by atoms with Crippen molar-refractivity contribution in [1.82, 2.24) is 4.98 Å². The summed E-state index contributed by atoms with van der Waals surface area (Å²) >= 11 is 0. The van der Waals surface area contributed by atoms with Crippen molar-refractivity contribution in [2.45, 2.75) is 51.0 Å². The second-order valence-corrected chi connectivity index (χ2v) is 4.92. The van der Waals surface area contributed by atoms with Crippen LogP contribution in [0, 0.1) is 0 Å². The number of aromatic carboxylic acids is 1. The molecule has 2 rings (SSSR count). The molecule has 0 atom stereocenters. The van der Waals surface area contributed by atoms with E-state index in [0.717, 1.165) is 12.8 Å². The molecule has 0 aliphatic heterocycles. The van der Waals surface area contributed by atoms with E-state index >= 15 is 0 Å². The fourth-order valence-corrected chi connectivity index (χ4v) is 2.45. The summed E-state index contributed by atoms with van der Waals surface area (Å²) in [5.41, 5.74) is 0.290. The molecule has 1 aromatic heterocycles. The fraction of sp³-hybridized carbons (Fsp3) is 0.571. The molecule has 1 saturated carbocycles. The van der Waals surface area contributed by atoms with Crippen LogP contribution in [0.1, 0.15) is 55.3 Å². The van der Waals surface area contributed by atoms with Crippen molar-refractivity contribution in [3.63, 3.8) is 0 Å². The Morgan fingerprint density at radius 3 is 2.56 bits per heavy atom. The van der Waals surface area contributed by atoms with Crippen LogP contribution >= 0.6 is 0 Å². The molecule has 1 aliphatic carbocycles. The third-order valence-electron chi connectivity index (χ3n) is 3.46. The Kier molecular flexibility index (Phi) is 4.56. The summed E-state index contributed by atoms with van der Waals surface area (Å²) in [6.45, 7) is 0. The van der Waals surface area contributed by atoms with Crippen LogP contribution in [-0.4, -0.2) is 22.1 Å². The first-order valence-electron chi connectivity index (χ1n) is 6.71. The van der Waals surface area contributed by atoms with Gasteiger partial charge in [-0.15, -0.1) is 0 Å². The smallest absolute Gasteiger partial charge is 0.335 e. The van der Waals surface area contributed by atoms with Gasteiger partial charge in [0.05, 0.1) is 5.56 Å². The summed E-state index contributed by atoms with van der Waals surface area (Å²) in [6, 6.07) is 3.56. The van der Waals surface area contributed by atoms with Crippen LogP contribution in [0.4, 0.5) is 5.82 Å². The number of aromatic nitrogens is 1. The van der Waals surface area contributed by atoms with Crippen LogP contribution in [0.5, 0.6) is 0 Å². The highest BCUT2D eigenvalue weighted by Gasteiger charge is 2.12. The van der Waals surface area contributed by atoms with Crippen molar-refractivity contribution < 1.29 is 9.90 Å². The average Bonchev–Trinajstić information content (AvgIpc) is 2.33. The summed E-state index contributed by atoms with van der Waals surface area (Å²) in [7, 11) is 0. The Morgan fingerprint density at radius 1 is 1.22 bits per heavy atom. The van der Waals surface area contributed by atoms with E-state index in [2.05, 4.69) is 10.3 Å². The maximum absolute atomic E-state index is 10.9. The lowest BCUT2D eigenvalue weighted by atomic mass is 9.97. The van der Waals surface area contributed by atoms with Crippen LogP contribution in [-0.2, 0) is 0 Å². The molecular weight excluding hydrogens is 228 g/mol. The van der Waals surface area contributed by atoms with E-state index in [9.17, 15) is 4.79 Å². The SMILES string of the molecule is O=C(O)c1ccnc(NC2CCCCCCC2)c1. The Hall–Kier alpha value is -1.58. The zero-order valence-corrected chi connectivity index (χ0v) is 10.6.